The number of nitrogens with zero attached hydrogens (tertiary/aromatic N) is 3. The number of amides is 1. The van der Waals surface area contributed by atoms with E-state index < -0.39 is 0 Å². The molecule has 0 saturated carbocycles. The maximum absolute atomic E-state index is 11.9. The van der Waals surface area contributed by atoms with Crippen LogP contribution in [-0.2, 0) is 4.79 Å². The Bertz CT molecular complexity index is 877. The molecule has 3 rings (SSSR count). The van der Waals surface area contributed by atoms with E-state index in [2.05, 4.69) is 4.98 Å². The number of aromatic nitrogens is 2. The van der Waals surface area contributed by atoms with E-state index in [4.69, 9.17) is 11.6 Å². The molecule has 0 saturated heterocycles. The molecule has 3 aromatic rings. The molecule has 0 spiro atoms. The van der Waals surface area contributed by atoms with Gasteiger partial charge in [-0.1, -0.05) is 59.8 Å². The Morgan fingerprint density at radius 2 is 1.92 bits per heavy atom. The first-order chi connectivity index (χ1) is 12.1. The monoisotopic (exact) mass is 371 g/mol. The van der Waals surface area contributed by atoms with Crippen molar-refractivity contribution in [3.63, 3.8) is 0 Å². The summed E-state index contributed by atoms with van der Waals surface area (Å²) in [5.74, 6) is 0.380. The van der Waals surface area contributed by atoms with Crippen molar-refractivity contribution in [2.45, 2.75) is 5.16 Å². The number of rotatable bonds is 5. The van der Waals surface area contributed by atoms with Crippen molar-refractivity contribution < 1.29 is 4.79 Å². The Morgan fingerprint density at radius 3 is 2.60 bits per heavy atom. The molecule has 25 heavy (non-hydrogen) atoms. The van der Waals surface area contributed by atoms with Crippen molar-refractivity contribution in [2.75, 3.05) is 19.8 Å². The minimum atomic E-state index is 0.0481. The van der Waals surface area contributed by atoms with Crippen molar-refractivity contribution in [2.24, 2.45) is 0 Å². The Hall–Kier alpha value is -2.24. The minimum absolute atomic E-state index is 0.0481. The molecule has 2 aromatic carbocycles. The minimum Gasteiger partial charge on any atom is -0.348 e. The van der Waals surface area contributed by atoms with Gasteiger partial charge in [-0.3, -0.25) is 9.36 Å². The second-order valence-electron chi connectivity index (χ2n) is 5.68. The van der Waals surface area contributed by atoms with Crippen LogP contribution in [-0.4, -0.2) is 40.2 Å². The number of thioether (sulfide) groups is 1. The molecule has 1 aromatic heterocycles. The van der Waals surface area contributed by atoms with Crippen LogP contribution in [0, 0.1) is 0 Å². The Kier molecular flexibility index (Phi) is 5.46. The third-order valence-electron chi connectivity index (χ3n) is 3.69. The molecule has 0 N–H and O–H groups in total. The van der Waals surface area contributed by atoms with Gasteiger partial charge in [-0.05, 0) is 18.2 Å². The molecular weight excluding hydrogens is 354 g/mol. The van der Waals surface area contributed by atoms with Gasteiger partial charge in [-0.15, -0.1) is 0 Å². The van der Waals surface area contributed by atoms with Crippen LogP contribution in [0.1, 0.15) is 0 Å². The smallest absolute Gasteiger partial charge is 0.232 e. The first-order valence-electron chi connectivity index (χ1n) is 7.78. The molecule has 0 fully saturated rings. The highest BCUT2D eigenvalue weighted by Crippen LogP contribution is 2.30. The zero-order valence-corrected chi connectivity index (χ0v) is 15.6. The van der Waals surface area contributed by atoms with Crippen LogP contribution in [0.3, 0.4) is 0 Å². The SMILES string of the molecule is CN(C)C(=O)CSc1ncc(-c2ccccc2)n1-c1cccc(Cl)c1. The van der Waals surface area contributed by atoms with Crippen LogP contribution in [0.5, 0.6) is 0 Å². The second-order valence-corrected chi connectivity index (χ2v) is 7.06. The van der Waals surface area contributed by atoms with Crippen LogP contribution in [0.15, 0.2) is 66.0 Å². The molecule has 0 radical (unpaired) electrons. The lowest BCUT2D eigenvalue weighted by molar-refractivity contribution is -0.125. The lowest BCUT2D eigenvalue weighted by atomic mass is 10.1. The Morgan fingerprint density at radius 1 is 1.16 bits per heavy atom. The molecule has 128 valence electrons. The zero-order chi connectivity index (χ0) is 17.8. The number of hydrogen-bond donors (Lipinski definition) is 0. The van der Waals surface area contributed by atoms with Crippen LogP contribution < -0.4 is 0 Å². The van der Waals surface area contributed by atoms with Crippen LogP contribution in [0.4, 0.5) is 0 Å². The average molecular weight is 372 g/mol. The molecule has 0 aliphatic carbocycles. The number of halogens is 1. The predicted molar refractivity (Wildman–Crippen MR) is 103 cm³/mol. The highest BCUT2D eigenvalue weighted by atomic mass is 35.5. The summed E-state index contributed by atoms with van der Waals surface area (Å²) in [6.07, 6.45) is 1.83. The number of carbonyl (C=O) groups excluding carboxylic acids is 1. The Labute approximate surface area is 156 Å². The molecule has 4 nitrogen and oxygen atoms in total. The summed E-state index contributed by atoms with van der Waals surface area (Å²) < 4.78 is 2.04. The van der Waals surface area contributed by atoms with Crippen molar-refractivity contribution in [3.8, 4) is 16.9 Å². The fourth-order valence-electron chi connectivity index (χ4n) is 2.37. The lowest BCUT2D eigenvalue weighted by Gasteiger charge is -2.13. The van der Waals surface area contributed by atoms with E-state index in [9.17, 15) is 4.79 Å². The van der Waals surface area contributed by atoms with Crippen LogP contribution in [0.25, 0.3) is 16.9 Å². The fraction of sp³-hybridized carbons (Fsp3) is 0.158. The highest BCUT2D eigenvalue weighted by molar-refractivity contribution is 7.99. The van der Waals surface area contributed by atoms with Crippen molar-refractivity contribution >= 4 is 29.3 Å². The van der Waals surface area contributed by atoms with E-state index in [1.165, 1.54) is 11.8 Å². The fourth-order valence-corrected chi connectivity index (χ4v) is 3.52. The lowest BCUT2D eigenvalue weighted by Crippen LogP contribution is -2.23. The molecule has 0 atom stereocenters. The van der Waals surface area contributed by atoms with Gasteiger partial charge in [0.15, 0.2) is 5.16 Å². The van der Waals surface area contributed by atoms with Gasteiger partial charge in [-0.2, -0.15) is 0 Å². The topological polar surface area (TPSA) is 38.1 Å². The summed E-state index contributed by atoms with van der Waals surface area (Å²) >= 11 is 7.60. The van der Waals surface area contributed by atoms with Crippen molar-refractivity contribution in [1.82, 2.24) is 14.5 Å². The first-order valence-corrected chi connectivity index (χ1v) is 9.14. The highest BCUT2D eigenvalue weighted by Gasteiger charge is 2.16. The zero-order valence-electron chi connectivity index (χ0n) is 14.0. The molecule has 0 unspecified atom stereocenters. The summed E-state index contributed by atoms with van der Waals surface area (Å²) in [4.78, 5) is 18.1. The number of imidazole rings is 1. The molecule has 0 aliphatic rings. The average Bonchev–Trinajstić information content (AvgIpc) is 3.04. The maximum atomic E-state index is 11.9. The molecule has 6 heteroatoms. The second kappa shape index (κ2) is 7.76. The van der Waals surface area contributed by atoms with Crippen LogP contribution in [0.2, 0.25) is 5.02 Å². The summed E-state index contributed by atoms with van der Waals surface area (Å²) in [7, 11) is 3.50. The van der Waals surface area contributed by atoms with Gasteiger partial charge < -0.3 is 4.90 Å². The molecule has 0 bridgehead atoms. The van der Waals surface area contributed by atoms with Gasteiger partial charge >= 0.3 is 0 Å². The first kappa shape index (κ1) is 17.6. The van der Waals surface area contributed by atoms with Crippen molar-refractivity contribution in [1.29, 1.82) is 0 Å². The molecular formula is C19H18ClN3OS. The van der Waals surface area contributed by atoms with E-state index in [0.717, 1.165) is 22.1 Å². The standard InChI is InChI=1S/C19H18ClN3OS/c1-22(2)18(24)13-25-19-21-12-17(14-7-4-3-5-8-14)23(19)16-10-6-9-15(20)11-16/h3-12H,13H2,1-2H3. The third-order valence-corrected chi connectivity index (χ3v) is 4.86. The summed E-state index contributed by atoms with van der Waals surface area (Å²) in [6.45, 7) is 0. The third kappa shape index (κ3) is 4.06. The van der Waals surface area contributed by atoms with E-state index in [0.29, 0.717) is 10.8 Å². The number of carbonyl (C=O) groups is 1. The van der Waals surface area contributed by atoms with Gasteiger partial charge in [-0.25, -0.2) is 4.98 Å². The van der Waals surface area contributed by atoms with E-state index in [-0.39, 0.29) is 5.91 Å². The Balaban J connectivity index is 2.04. The molecule has 1 heterocycles. The quantitative estimate of drug-likeness (QED) is 0.625. The van der Waals surface area contributed by atoms with Gasteiger partial charge in [0.1, 0.15) is 0 Å². The predicted octanol–water partition coefficient (Wildman–Crippen LogP) is 4.37. The van der Waals surface area contributed by atoms with E-state index in [1.54, 1.807) is 19.0 Å². The summed E-state index contributed by atoms with van der Waals surface area (Å²) in [5, 5.41) is 1.42. The van der Waals surface area contributed by atoms with Gasteiger partial charge in [0.05, 0.1) is 17.6 Å². The molecule has 0 aliphatic heterocycles. The van der Waals surface area contributed by atoms with Crippen LogP contribution >= 0.6 is 23.4 Å². The largest absolute Gasteiger partial charge is 0.348 e. The number of benzene rings is 2. The van der Waals surface area contributed by atoms with E-state index in [1.807, 2.05) is 65.4 Å². The number of hydrogen-bond acceptors (Lipinski definition) is 3. The van der Waals surface area contributed by atoms with E-state index >= 15 is 0 Å². The maximum Gasteiger partial charge on any atom is 0.232 e. The molecule has 1 amide bonds. The van der Waals surface area contributed by atoms with Gasteiger partial charge in [0, 0.05) is 30.4 Å². The van der Waals surface area contributed by atoms with Gasteiger partial charge in [0.2, 0.25) is 5.91 Å². The summed E-state index contributed by atoms with van der Waals surface area (Å²) in [5.41, 5.74) is 2.94. The van der Waals surface area contributed by atoms with Gasteiger partial charge in [0.25, 0.3) is 0 Å². The normalized spacial score (nSPS) is 10.7. The van der Waals surface area contributed by atoms with Crippen molar-refractivity contribution in [3.05, 3.63) is 65.8 Å². The summed E-state index contributed by atoms with van der Waals surface area (Å²) in [6, 6.07) is 17.7.